The Balaban J connectivity index is 2.14. The molecular formula is C15H20N2O2. The molecule has 4 nitrogen and oxygen atoms in total. The third-order valence-corrected chi connectivity index (χ3v) is 3.64. The highest BCUT2D eigenvalue weighted by Crippen LogP contribution is 2.22. The van der Waals surface area contributed by atoms with Gasteiger partial charge >= 0.3 is 0 Å². The molecule has 0 bridgehead atoms. The smallest absolute Gasteiger partial charge is 0.219 e. The first kappa shape index (κ1) is 13.6. The maximum Gasteiger partial charge on any atom is 0.219 e. The lowest BCUT2D eigenvalue weighted by molar-refractivity contribution is -0.128. The summed E-state index contributed by atoms with van der Waals surface area (Å²) < 4.78 is 0. The fourth-order valence-electron chi connectivity index (χ4n) is 2.58. The van der Waals surface area contributed by atoms with E-state index in [1.807, 2.05) is 30.0 Å². The van der Waals surface area contributed by atoms with Crippen LogP contribution in [0.1, 0.15) is 29.3 Å². The van der Waals surface area contributed by atoms with Gasteiger partial charge in [0, 0.05) is 44.4 Å². The summed E-state index contributed by atoms with van der Waals surface area (Å²) in [5, 5.41) is 0. The molecule has 0 atom stereocenters. The number of aryl methyl sites for hydroxylation is 1. The van der Waals surface area contributed by atoms with Crippen LogP contribution in [-0.2, 0) is 4.79 Å². The van der Waals surface area contributed by atoms with E-state index >= 15 is 0 Å². The summed E-state index contributed by atoms with van der Waals surface area (Å²) >= 11 is 0. The SMILES string of the molecule is CC(=O)N1CCCN(c2ccc(C=O)cc2C)CC1. The fourth-order valence-corrected chi connectivity index (χ4v) is 2.58. The Morgan fingerprint density at radius 1 is 1.21 bits per heavy atom. The molecule has 1 fully saturated rings. The first-order chi connectivity index (χ1) is 9.11. The van der Waals surface area contributed by atoms with Crippen molar-refractivity contribution < 1.29 is 9.59 Å². The molecule has 19 heavy (non-hydrogen) atoms. The van der Waals surface area contributed by atoms with Crippen LogP contribution in [0.2, 0.25) is 0 Å². The third-order valence-electron chi connectivity index (χ3n) is 3.64. The normalized spacial score (nSPS) is 16.1. The summed E-state index contributed by atoms with van der Waals surface area (Å²) in [4.78, 5) is 26.4. The maximum atomic E-state index is 11.4. The van der Waals surface area contributed by atoms with E-state index in [4.69, 9.17) is 0 Å². The van der Waals surface area contributed by atoms with Gasteiger partial charge in [-0.25, -0.2) is 0 Å². The van der Waals surface area contributed by atoms with Gasteiger partial charge in [0.25, 0.3) is 0 Å². The van der Waals surface area contributed by atoms with Gasteiger partial charge in [-0.3, -0.25) is 9.59 Å². The first-order valence-corrected chi connectivity index (χ1v) is 6.68. The first-order valence-electron chi connectivity index (χ1n) is 6.68. The number of anilines is 1. The van der Waals surface area contributed by atoms with Crippen molar-refractivity contribution in [1.82, 2.24) is 4.90 Å². The molecule has 0 aliphatic carbocycles. The van der Waals surface area contributed by atoms with Crippen molar-refractivity contribution in [2.45, 2.75) is 20.3 Å². The number of hydrogen-bond acceptors (Lipinski definition) is 3. The third kappa shape index (κ3) is 3.13. The standard InChI is InChI=1S/C15H20N2O2/c1-12-10-14(11-18)4-5-15(12)17-7-3-6-16(8-9-17)13(2)19/h4-5,10-11H,3,6-9H2,1-2H3. The largest absolute Gasteiger partial charge is 0.369 e. The van der Waals surface area contributed by atoms with E-state index < -0.39 is 0 Å². The number of hydrogen-bond donors (Lipinski definition) is 0. The summed E-state index contributed by atoms with van der Waals surface area (Å²) in [7, 11) is 0. The minimum atomic E-state index is 0.148. The molecular weight excluding hydrogens is 240 g/mol. The molecule has 1 aromatic carbocycles. The van der Waals surface area contributed by atoms with Crippen LogP contribution in [0.3, 0.4) is 0 Å². The van der Waals surface area contributed by atoms with E-state index in [2.05, 4.69) is 4.90 Å². The summed E-state index contributed by atoms with van der Waals surface area (Å²) in [5.74, 6) is 0.148. The number of aldehydes is 1. The van der Waals surface area contributed by atoms with E-state index in [0.29, 0.717) is 5.56 Å². The molecule has 0 radical (unpaired) electrons. The van der Waals surface area contributed by atoms with Crippen LogP contribution in [0.4, 0.5) is 5.69 Å². The Bertz CT molecular complexity index is 485. The van der Waals surface area contributed by atoms with Gasteiger partial charge < -0.3 is 9.80 Å². The molecule has 102 valence electrons. The quantitative estimate of drug-likeness (QED) is 0.762. The van der Waals surface area contributed by atoms with Gasteiger partial charge in [-0.1, -0.05) is 0 Å². The van der Waals surface area contributed by atoms with E-state index in [9.17, 15) is 9.59 Å². The summed E-state index contributed by atoms with van der Waals surface area (Å²) in [6.07, 6.45) is 1.85. The highest BCUT2D eigenvalue weighted by atomic mass is 16.2. The lowest BCUT2D eigenvalue weighted by Gasteiger charge is -2.25. The number of rotatable bonds is 2. The van der Waals surface area contributed by atoms with Crippen LogP contribution >= 0.6 is 0 Å². The lowest BCUT2D eigenvalue weighted by atomic mass is 10.1. The average Bonchev–Trinajstić information content (AvgIpc) is 2.64. The highest BCUT2D eigenvalue weighted by Gasteiger charge is 2.17. The molecule has 1 saturated heterocycles. The predicted molar refractivity (Wildman–Crippen MR) is 75.7 cm³/mol. The van der Waals surface area contributed by atoms with Crippen LogP contribution in [0.25, 0.3) is 0 Å². The van der Waals surface area contributed by atoms with Crippen molar-refractivity contribution in [1.29, 1.82) is 0 Å². The minimum absolute atomic E-state index is 0.148. The molecule has 0 aromatic heterocycles. The Morgan fingerprint density at radius 2 is 2.00 bits per heavy atom. The zero-order chi connectivity index (χ0) is 13.8. The maximum absolute atomic E-state index is 11.4. The van der Waals surface area contributed by atoms with Crippen molar-refractivity contribution in [2.24, 2.45) is 0 Å². The van der Waals surface area contributed by atoms with E-state index in [1.165, 1.54) is 0 Å². The monoisotopic (exact) mass is 260 g/mol. The van der Waals surface area contributed by atoms with Crippen molar-refractivity contribution in [3.63, 3.8) is 0 Å². The van der Waals surface area contributed by atoms with E-state index in [-0.39, 0.29) is 5.91 Å². The van der Waals surface area contributed by atoms with Crippen molar-refractivity contribution >= 4 is 17.9 Å². The van der Waals surface area contributed by atoms with Crippen molar-refractivity contribution in [3.8, 4) is 0 Å². The zero-order valence-electron chi connectivity index (χ0n) is 11.6. The molecule has 1 aliphatic heterocycles. The molecule has 1 heterocycles. The number of amides is 1. The Morgan fingerprint density at radius 3 is 2.63 bits per heavy atom. The molecule has 0 spiro atoms. The van der Waals surface area contributed by atoms with Gasteiger partial charge in [0.05, 0.1) is 0 Å². The number of nitrogens with zero attached hydrogens (tertiary/aromatic N) is 2. The summed E-state index contributed by atoms with van der Waals surface area (Å²) in [5.41, 5.74) is 2.98. The molecule has 0 saturated carbocycles. The summed E-state index contributed by atoms with van der Waals surface area (Å²) in [6, 6.07) is 5.77. The van der Waals surface area contributed by atoms with Crippen LogP contribution in [0.15, 0.2) is 18.2 Å². The zero-order valence-corrected chi connectivity index (χ0v) is 11.6. The van der Waals surface area contributed by atoms with Gasteiger partial charge in [-0.05, 0) is 37.1 Å². The van der Waals surface area contributed by atoms with Crippen molar-refractivity contribution in [3.05, 3.63) is 29.3 Å². The topological polar surface area (TPSA) is 40.6 Å². The lowest BCUT2D eigenvalue weighted by Crippen LogP contribution is -2.33. The van der Waals surface area contributed by atoms with Crippen LogP contribution in [0, 0.1) is 6.92 Å². The fraction of sp³-hybridized carbons (Fsp3) is 0.467. The highest BCUT2D eigenvalue weighted by molar-refractivity contribution is 5.77. The molecule has 2 rings (SSSR count). The number of benzene rings is 1. The van der Waals surface area contributed by atoms with Gasteiger partial charge in [-0.15, -0.1) is 0 Å². The van der Waals surface area contributed by atoms with Crippen LogP contribution < -0.4 is 4.90 Å². The minimum Gasteiger partial charge on any atom is -0.369 e. The van der Waals surface area contributed by atoms with E-state index in [0.717, 1.165) is 50.1 Å². The van der Waals surface area contributed by atoms with Gasteiger partial charge in [0.2, 0.25) is 5.91 Å². The van der Waals surface area contributed by atoms with Gasteiger partial charge in [0.1, 0.15) is 6.29 Å². The van der Waals surface area contributed by atoms with Crippen LogP contribution in [0.5, 0.6) is 0 Å². The summed E-state index contributed by atoms with van der Waals surface area (Å²) in [6.45, 7) is 7.04. The molecule has 1 aliphatic rings. The van der Waals surface area contributed by atoms with Crippen LogP contribution in [-0.4, -0.2) is 43.3 Å². The number of carbonyl (C=O) groups is 2. The predicted octanol–water partition coefficient (Wildman–Crippen LogP) is 1.87. The number of carbonyl (C=O) groups excluding carboxylic acids is 2. The second kappa shape index (κ2) is 5.87. The molecule has 1 amide bonds. The average molecular weight is 260 g/mol. The van der Waals surface area contributed by atoms with E-state index in [1.54, 1.807) is 6.92 Å². The second-order valence-electron chi connectivity index (χ2n) is 5.01. The Labute approximate surface area is 114 Å². The molecule has 0 N–H and O–H groups in total. The van der Waals surface area contributed by atoms with Gasteiger partial charge in [0.15, 0.2) is 0 Å². The molecule has 1 aromatic rings. The van der Waals surface area contributed by atoms with Gasteiger partial charge in [-0.2, -0.15) is 0 Å². The molecule has 4 heteroatoms. The second-order valence-corrected chi connectivity index (χ2v) is 5.01. The van der Waals surface area contributed by atoms with Crippen molar-refractivity contribution in [2.75, 3.05) is 31.1 Å². The molecule has 0 unspecified atom stereocenters. The Kier molecular flexibility index (Phi) is 4.20. The Hall–Kier alpha value is -1.84.